The standard InChI is InChI=1S/C29H40O10/c1-15-8-22(31)29(34)24(37-15)38-19-9-16-2-3-18-17(25(16,12-30)10-20(19)39-29)4-6-26-13-36-27(11-23(32)35-14-27)21(26)5-7-28(18,26)33/h12,15-22,24,31,33-34H,2-11,13-14H2,1H3/t15-,16+,17+,18-,19-,20-,21+,22+,24+,25-,26+,27-,28+,29+/m1/s1. The lowest BCUT2D eigenvalue weighted by atomic mass is 9.42. The van der Waals surface area contributed by atoms with Gasteiger partial charge >= 0.3 is 5.97 Å². The highest BCUT2D eigenvalue weighted by atomic mass is 16.8. The number of aldehydes is 1. The third kappa shape index (κ3) is 3.02. The zero-order chi connectivity index (χ0) is 27.0. The normalized spacial score (nSPS) is 61.3. The molecule has 216 valence electrons. The molecule has 8 aliphatic rings. The maximum absolute atomic E-state index is 13.2. The number of aliphatic hydroxyl groups is 3. The van der Waals surface area contributed by atoms with Crippen molar-refractivity contribution in [2.75, 3.05) is 13.2 Å². The van der Waals surface area contributed by atoms with Gasteiger partial charge in [-0.2, -0.15) is 0 Å². The van der Waals surface area contributed by atoms with E-state index in [-0.39, 0.29) is 61.3 Å². The molecule has 10 nitrogen and oxygen atoms in total. The summed E-state index contributed by atoms with van der Waals surface area (Å²) in [6, 6.07) is 0. The Bertz CT molecular complexity index is 1080. The predicted molar refractivity (Wildman–Crippen MR) is 131 cm³/mol. The first kappa shape index (κ1) is 25.6. The Morgan fingerprint density at radius 3 is 2.59 bits per heavy atom. The number of aliphatic hydroxyl groups excluding tert-OH is 1. The minimum atomic E-state index is -1.97. The highest BCUT2D eigenvalue weighted by Crippen LogP contribution is 2.73. The van der Waals surface area contributed by atoms with Gasteiger partial charge in [0.05, 0.1) is 36.9 Å². The van der Waals surface area contributed by atoms with Crippen molar-refractivity contribution in [3.63, 3.8) is 0 Å². The zero-order valence-electron chi connectivity index (χ0n) is 22.5. The minimum absolute atomic E-state index is 0.0226. The lowest BCUT2D eigenvalue weighted by Crippen LogP contribution is -2.71. The van der Waals surface area contributed by atoms with Crippen LogP contribution in [0.2, 0.25) is 0 Å². The van der Waals surface area contributed by atoms with Crippen LogP contribution in [-0.2, 0) is 33.3 Å². The number of cyclic esters (lactones) is 1. The van der Waals surface area contributed by atoms with Crippen molar-refractivity contribution >= 4 is 12.3 Å². The van der Waals surface area contributed by atoms with Crippen molar-refractivity contribution in [2.45, 2.75) is 119 Å². The molecule has 4 aliphatic carbocycles. The Labute approximate surface area is 227 Å². The fourth-order valence-corrected chi connectivity index (χ4v) is 11.2. The highest BCUT2D eigenvalue weighted by Gasteiger charge is 2.77. The molecule has 10 heteroatoms. The summed E-state index contributed by atoms with van der Waals surface area (Å²) >= 11 is 0. The summed E-state index contributed by atoms with van der Waals surface area (Å²) < 4.78 is 30.0. The van der Waals surface area contributed by atoms with Crippen LogP contribution in [0, 0.1) is 34.5 Å². The molecule has 4 aliphatic heterocycles. The van der Waals surface area contributed by atoms with Crippen LogP contribution in [0.15, 0.2) is 0 Å². The predicted octanol–water partition coefficient (Wildman–Crippen LogP) is 1.21. The Hall–Kier alpha value is -1.14. The summed E-state index contributed by atoms with van der Waals surface area (Å²) in [5, 5.41) is 34.6. The Balaban J connectivity index is 1.10. The van der Waals surface area contributed by atoms with Crippen molar-refractivity contribution in [1.29, 1.82) is 0 Å². The molecule has 0 aromatic carbocycles. The molecule has 0 bridgehead atoms. The average molecular weight is 549 g/mol. The van der Waals surface area contributed by atoms with Crippen LogP contribution in [-0.4, -0.2) is 88.5 Å². The lowest BCUT2D eigenvalue weighted by molar-refractivity contribution is -0.457. The van der Waals surface area contributed by atoms with E-state index in [2.05, 4.69) is 0 Å². The fraction of sp³-hybridized carbons (Fsp3) is 0.931. The molecule has 2 spiro atoms. The van der Waals surface area contributed by atoms with Crippen molar-refractivity contribution in [1.82, 2.24) is 0 Å². The molecule has 0 aromatic heterocycles. The van der Waals surface area contributed by atoms with Gasteiger partial charge in [0, 0.05) is 23.2 Å². The van der Waals surface area contributed by atoms with Gasteiger partial charge in [-0.25, -0.2) is 0 Å². The van der Waals surface area contributed by atoms with Crippen molar-refractivity contribution in [3.8, 4) is 0 Å². The van der Waals surface area contributed by atoms with Crippen LogP contribution in [0.1, 0.15) is 71.1 Å². The first-order chi connectivity index (χ1) is 18.6. The lowest BCUT2D eigenvalue weighted by Gasteiger charge is -2.64. The van der Waals surface area contributed by atoms with Crippen LogP contribution >= 0.6 is 0 Å². The Kier molecular flexibility index (Phi) is 5.26. The molecule has 0 amide bonds. The van der Waals surface area contributed by atoms with E-state index >= 15 is 0 Å². The summed E-state index contributed by atoms with van der Waals surface area (Å²) in [7, 11) is 0. The number of ether oxygens (including phenoxy) is 5. The van der Waals surface area contributed by atoms with E-state index in [1.54, 1.807) is 0 Å². The third-order valence-electron chi connectivity index (χ3n) is 12.9. The quantitative estimate of drug-likeness (QED) is 0.249. The van der Waals surface area contributed by atoms with Crippen molar-refractivity contribution in [3.05, 3.63) is 0 Å². The molecular weight excluding hydrogens is 508 g/mol. The second-order valence-corrected chi connectivity index (χ2v) is 14.2. The van der Waals surface area contributed by atoms with Gasteiger partial charge in [0.15, 0.2) is 0 Å². The highest BCUT2D eigenvalue weighted by molar-refractivity contribution is 5.73. The number of carbonyl (C=O) groups is 2. The number of carbonyl (C=O) groups excluding carboxylic acids is 2. The average Bonchev–Trinajstić information content (AvgIpc) is 3.54. The Morgan fingerprint density at radius 1 is 0.974 bits per heavy atom. The summed E-state index contributed by atoms with van der Waals surface area (Å²) in [6.07, 6.45) is 3.84. The van der Waals surface area contributed by atoms with Crippen LogP contribution in [0.3, 0.4) is 0 Å². The second-order valence-electron chi connectivity index (χ2n) is 14.2. The monoisotopic (exact) mass is 548 g/mol. The maximum atomic E-state index is 13.2. The van der Waals surface area contributed by atoms with Gasteiger partial charge in [-0.3, -0.25) is 4.79 Å². The third-order valence-corrected chi connectivity index (χ3v) is 12.9. The van der Waals surface area contributed by atoms with Crippen LogP contribution in [0.5, 0.6) is 0 Å². The molecule has 4 heterocycles. The van der Waals surface area contributed by atoms with E-state index < -0.39 is 46.3 Å². The van der Waals surface area contributed by atoms with E-state index in [9.17, 15) is 24.9 Å². The van der Waals surface area contributed by atoms with Gasteiger partial charge in [-0.1, -0.05) is 0 Å². The summed E-state index contributed by atoms with van der Waals surface area (Å²) in [5.74, 6) is -2.13. The van der Waals surface area contributed by atoms with E-state index in [0.29, 0.717) is 25.9 Å². The fourth-order valence-electron chi connectivity index (χ4n) is 11.2. The van der Waals surface area contributed by atoms with Crippen LogP contribution in [0.25, 0.3) is 0 Å². The molecule has 3 N–H and O–H groups in total. The summed E-state index contributed by atoms with van der Waals surface area (Å²) in [5.41, 5.74) is -2.73. The topological polar surface area (TPSA) is 141 Å². The number of esters is 1. The first-order valence-electron chi connectivity index (χ1n) is 15.0. The van der Waals surface area contributed by atoms with Crippen molar-refractivity contribution < 1.29 is 48.6 Å². The Morgan fingerprint density at radius 2 is 1.82 bits per heavy atom. The van der Waals surface area contributed by atoms with E-state index in [4.69, 9.17) is 23.7 Å². The SMILES string of the molecule is C[C@@H]1C[C@H](O)[C@]2(O)O[C@@H]3C[C@@]4(C=O)[C@@H](CC[C@@H]5[C@@H]4CC[C@]46CO[C@]7(COC(=O)C7)[C@H]4CC[C@]56O)C[C@H]3O[C@@H]2O1. The second kappa shape index (κ2) is 8.02. The van der Waals surface area contributed by atoms with Gasteiger partial charge in [-0.05, 0) is 76.0 Å². The molecule has 39 heavy (non-hydrogen) atoms. The van der Waals surface area contributed by atoms with Gasteiger partial charge < -0.3 is 43.8 Å². The number of fused-ring (bicyclic) bond motifs is 7. The zero-order valence-corrected chi connectivity index (χ0v) is 22.5. The van der Waals surface area contributed by atoms with Gasteiger partial charge in [0.25, 0.3) is 0 Å². The van der Waals surface area contributed by atoms with E-state index in [0.717, 1.165) is 38.4 Å². The van der Waals surface area contributed by atoms with Crippen LogP contribution < -0.4 is 0 Å². The molecule has 4 saturated carbocycles. The molecule has 14 atom stereocenters. The van der Waals surface area contributed by atoms with E-state index in [1.165, 1.54) is 0 Å². The smallest absolute Gasteiger partial charge is 0.308 e. The van der Waals surface area contributed by atoms with Gasteiger partial charge in [0.2, 0.25) is 12.1 Å². The molecule has 0 unspecified atom stereocenters. The summed E-state index contributed by atoms with van der Waals surface area (Å²) in [4.78, 5) is 25.3. The first-order valence-corrected chi connectivity index (χ1v) is 15.0. The molecule has 8 rings (SSSR count). The minimum Gasteiger partial charge on any atom is -0.462 e. The summed E-state index contributed by atoms with van der Waals surface area (Å²) in [6.45, 7) is 2.53. The van der Waals surface area contributed by atoms with E-state index in [1.807, 2.05) is 6.92 Å². The van der Waals surface area contributed by atoms with Crippen LogP contribution in [0.4, 0.5) is 0 Å². The number of hydrogen-bond donors (Lipinski definition) is 3. The molecule has 4 saturated heterocycles. The number of rotatable bonds is 1. The van der Waals surface area contributed by atoms with Crippen molar-refractivity contribution in [2.24, 2.45) is 34.5 Å². The number of hydrogen-bond acceptors (Lipinski definition) is 10. The van der Waals surface area contributed by atoms with Gasteiger partial charge in [-0.15, -0.1) is 0 Å². The van der Waals surface area contributed by atoms with Gasteiger partial charge in [0.1, 0.15) is 24.6 Å². The molecule has 0 aromatic rings. The molecular formula is C29H40O10. The maximum Gasteiger partial charge on any atom is 0.308 e. The molecule has 8 fully saturated rings. The molecule has 0 radical (unpaired) electrons. The largest absolute Gasteiger partial charge is 0.462 e.